The average Bonchev–Trinajstić information content (AvgIpc) is 3.28. The van der Waals surface area contributed by atoms with E-state index in [2.05, 4.69) is 75.0 Å². The van der Waals surface area contributed by atoms with Gasteiger partial charge in [-0.3, -0.25) is 0 Å². The summed E-state index contributed by atoms with van der Waals surface area (Å²) in [5.74, 6) is 1.97. The lowest BCUT2D eigenvalue weighted by Crippen LogP contribution is -2.34. The summed E-state index contributed by atoms with van der Waals surface area (Å²) in [5.41, 5.74) is 3.03. The van der Waals surface area contributed by atoms with E-state index in [1.807, 2.05) is 0 Å². The fraction of sp³-hybridized carbons (Fsp3) is 0.867. The first-order valence-corrected chi connectivity index (χ1v) is 28.6. The summed E-state index contributed by atoms with van der Waals surface area (Å²) < 4.78 is 0. The van der Waals surface area contributed by atoms with Crippen molar-refractivity contribution in [2.45, 2.75) is 285 Å². The minimum atomic E-state index is 0.987. The summed E-state index contributed by atoms with van der Waals surface area (Å²) in [7, 11) is 0. The molecule has 0 aliphatic carbocycles. The first-order chi connectivity index (χ1) is 30.5. The second kappa shape index (κ2) is 46.4. The number of hydrogen-bond acceptors (Lipinski definition) is 2. The Hall–Kier alpha value is -1.12. The first kappa shape index (κ1) is 58.9. The molecule has 0 aromatic rings. The predicted molar refractivity (Wildman–Crippen MR) is 284 cm³/mol. The summed E-state index contributed by atoms with van der Waals surface area (Å²) in [5, 5.41) is 0. The molecule has 2 heteroatoms. The fourth-order valence-electron chi connectivity index (χ4n) is 10.1. The third-order valence-electron chi connectivity index (χ3n) is 14.4. The van der Waals surface area contributed by atoms with Gasteiger partial charge in [-0.2, -0.15) is 0 Å². The van der Waals surface area contributed by atoms with Gasteiger partial charge in [-0.05, 0) is 192 Å². The highest BCUT2D eigenvalue weighted by atomic mass is 15.1. The molecule has 0 saturated carbocycles. The fourth-order valence-corrected chi connectivity index (χ4v) is 10.1. The van der Waals surface area contributed by atoms with Crippen LogP contribution < -0.4 is 0 Å². The van der Waals surface area contributed by atoms with E-state index in [-0.39, 0.29) is 0 Å². The van der Waals surface area contributed by atoms with E-state index >= 15 is 0 Å². The Labute approximate surface area is 392 Å². The van der Waals surface area contributed by atoms with Crippen LogP contribution in [0.5, 0.6) is 0 Å². The maximum absolute atomic E-state index is 4.36. The van der Waals surface area contributed by atoms with Crippen LogP contribution in [0.4, 0.5) is 0 Å². The van der Waals surface area contributed by atoms with Gasteiger partial charge in [0.25, 0.3) is 0 Å². The summed E-state index contributed by atoms with van der Waals surface area (Å²) >= 11 is 0. The van der Waals surface area contributed by atoms with E-state index in [0.717, 1.165) is 11.8 Å². The van der Waals surface area contributed by atoms with Gasteiger partial charge in [0, 0.05) is 0 Å². The second-order valence-electron chi connectivity index (χ2n) is 20.5. The molecule has 0 unspecified atom stereocenters. The van der Waals surface area contributed by atoms with E-state index in [1.165, 1.54) is 307 Å². The van der Waals surface area contributed by atoms with E-state index in [1.54, 1.807) is 0 Å². The molecule has 0 aromatic carbocycles. The third kappa shape index (κ3) is 39.3. The van der Waals surface area contributed by atoms with Gasteiger partial charge in [-0.25, -0.2) is 0 Å². The van der Waals surface area contributed by atoms with Crippen molar-refractivity contribution in [1.82, 2.24) is 9.80 Å². The topological polar surface area (TPSA) is 6.48 Å². The number of hydrogen-bond donors (Lipinski definition) is 0. The Bertz CT molecular complexity index is 912. The number of unbranched alkanes of at least 4 members (excludes halogenated alkanes) is 22. The quantitative estimate of drug-likeness (QED) is 0.0446. The van der Waals surface area contributed by atoms with Crippen LogP contribution in [0.15, 0.2) is 48.6 Å². The number of allylic oxidation sites excluding steroid dienone is 6. The smallest absolute Gasteiger partial charge is 0.00161 e. The maximum Gasteiger partial charge on any atom is -0.00161 e. The van der Waals surface area contributed by atoms with Crippen molar-refractivity contribution in [3.8, 4) is 0 Å². The highest BCUT2D eigenvalue weighted by Gasteiger charge is 2.19. The van der Waals surface area contributed by atoms with Gasteiger partial charge in [0.05, 0.1) is 0 Å². The monoisotopic (exact) mass is 863 g/mol. The lowest BCUT2D eigenvalue weighted by atomic mass is 9.90. The summed E-state index contributed by atoms with van der Waals surface area (Å²) in [6.45, 7) is 25.9. The third-order valence-corrected chi connectivity index (χ3v) is 14.4. The minimum Gasteiger partial charge on any atom is -0.303 e. The predicted octanol–water partition coefficient (Wildman–Crippen LogP) is 19.7. The Morgan fingerprint density at radius 1 is 0.355 bits per heavy atom. The van der Waals surface area contributed by atoms with Crippen molar-refractivity contribution in [2.75, 3.05) is 39.3 Å². The Morgan fingerprint density at radius 3 is 0.935 bits per heavy atom. The van der Waals surface area contributed by atoms with Gasteiger partial charge in [0.15, 0.2) is 0 Å². The molecule has 2 heterocycles. The van der Waals surface area contributed by atoms with Crippen molar-refractivity contribution in [1.29, 1.82) is 0 Å². The maximum atomic E-state index is 4.36. The molecular weight excluding hydrogens is 749 g/mol. The van der Waals surface area contributed by atoms with Crippen molar-refractivity contribution < 1.29 is 0 Å². The second-order valence-corrected chi connectivity index (χ2v) is 20.5. The van der Waals surface area contributed by atoms with Crippen LogP contribution in [0.3, 0.4) is 0 Å². The normalized spacial score (nSPS) is 15.8. The molecule has 0 radical (unpaired) electrons. The lowest BCUT2D eigenvalue weighted by Gasteiger charge is -2.31. The zero-order valence-corrected chi connectivity index (χ0v) is 43.3. The SMILES string of the molecule is C=C(CCCCCCC/C=C\CCCCCCCC)CCCC1CCN(CCC)CC1.C=C(CCCCCCC/C=C\CCCCCCCC)CCCC1CCN(CCC)CC1. The Kier molecular flexibility index (Phi) is 44.1. The van der Waals surface area contributed by atoms with Crippen LogP contribution in [-0.2, 0) is 0 Å². The van der Waals surface area contributed by atoms with Crippen molar-refractivity contribution >= 4 is 0 Å². The summed E-state index contributed by atoms with van der Waals surface area (Å²) in [4.78, 5) is 5.31. The largest absolute Gasteiger partial charge is 0.303 e. The van der Waals surface area contributed by atoms with Gasteiger partial charge in [-0.1, -0.05) is 192 Å². The zero-order chi connectivity index (χ0) is 44.8. The summed E-state index contributed by atoms with van der Waals surface area (Å²) in [6.07, 6.45) is 64.8. The van der Waals surface area contributed by atoms with Crippen LogP contribution in [0.1, 0.15) is 285 Å². The van der Waals surface area contributed by atoms with Crippen LogP contribution in [0, 0.1) is 11.8 Å². The van der Waals surface area contributed by atoms with Gasteiger partial charge in [0.2, 0.25) is 0 Å². The molecule has 2 aliphatic heterocycles. The van der Waals surface area contributed by atoms with Crippen LogP contribution in [0.25, 0.3) is 0 Å². The molecule has 0 atom stereocenters. The molecule has 62 heavy (non-hydrogen) atoms. The van der Waals surface area contributed by atoms with E-state index < -0.39 is 0 Å². The molecule has 2 saturated heterocycles. The number of likely N-dealkylation sites (tertiary alicyclic amines) is 2. The molecular formula is C60H114N2. The first-order valence-electron chi connectivity index (χ1n) is 28.6. The van der Waals surface area contributed by atoms with Crippen LogP contribution >= 0.6 is 0 Å². The van der Waals surface area contributed by atoms with E-state index in [0.29, 0.717) is 0 Å². The molecule has 0 spiro atoms. The Morgan fingerprint density at radius 2 is 0.629 bits per heavy atom. The minimum absolute atomic E-state index is 0.987. The molecule has 364 valence electrons. The highest BCUT2D eigenvalue weighted by Crippen LogP contribution is 2.26. The average molecular weight is 864 g/mol. The van der Waals surface area contributed by atoms with E-state index in [4.69, 9.17) is 0 Å². The number of piperidine rings is 2. The molecule has 2 rings (SSSR count). The van der Waals surface area contributed by atoms with E-state index in [9.17, 15) is 0 Å². The van der Waals surface area contributed by atoms with Crippen LogP contribution in [-0.4, -0.2) is 49.1 Å². The molecule has 0 amide bonds. The van der Waals surface area contributed by atoms with Gasteiger partial charge in [0.1, 0.15) is 0 Å². The zero-order valence-electron chi connectivity index (χ0n) is 43.3. The lowest BCUT2D eigenvalue weighted by molar-refractivity contribution is 0.178. The molecule has 2 fully saturated rings. The van der Waals surface area contributed by atoms with Crippen LogP contribution in [0.2, 0.25) is 0 Å². The molecule has 2 aliphatic rings. The molecule has 0 bridgehead atoms. The highest BCUT2D eigenvalue weighted by molar-refractivity contribution is 4.94. The number of nitrogens with zero attached hydrogens (tertiary/aromatic N) is 2. The van der Waals surface area contributed by atoms with Crippen molar-refractivity contribution in [3.63, 3.8) is 0 Å². The Balaban J connectivity index is 0.000000620. The molecule has 2 nitrogen and oxygen atoms in total. The molecule has 0 aromatic heterocycles. The standard InChI is InChI=1S/2C30H57N/c2*1-4-6-7-8-9-10-11-12-13-14-15-16-17-18-19-21-29(3)22-20-23-30-24-27-31(26-5-2)28-25-30/h2*12-13,30H,3-11,14-28H2,1-2H3/b2*13-12-. The summed E-state index contributed by atoms with van der Waals surface area (Å²) in [6, 6.07) is 0. The molecule has 0 N–H and O–H groups in total. The van der Waals surface area contributed by atoms with Crippen molar-refractivity contribution in [2.24, 2.45) is 11.8 Å². The number of rotatable bonds is 42. The van der Waals surface area contributed by atoms with Crippen molar-refractivity contribution in [3.05, 3.63) is 48.6 Å². The van der Waals surface area contributed by atoms with Gasteiger partial charge in [-0.15, -0.1) is 0 Å². The van der Waals surface area contributed by atoms with Gasteiger partial charge < -0.3 is 9.80 Å². The van der Waals surface area contributed by atoms with Gasteiger partial charge >= 0.3 is 0 Å².